The van der Waals surface area contributed by atoms with Crippen LogP contribution in [-0.4, -0.2) is 47.1 Å². The summed E-state index contributed by atoms with van der Waals surface area (Å²) >= 11 is 0. The van der Waals surface area contributed by atoms with Crippen LogP contribution in [0.3, 0.4) is 0 Å². The Balaban J connectivity index is 2.86. The molecule has 92 valence electrons. The van der Waals surface area contributed by atoms with E-state index in [1.54, 1.807) is 13.8 Å². The molecule has 0 aliphatic carbocycles. The van der Waals surface area contributed by atoms with E-state index in [1.165, 1.54) is 4.90 Å². The van der Waals surface area contributed by atoms with Gasteiger partial charge >= 0.3 is 0 Å². The van der Waals surface area contributed by atoms with Crippen LogP contribution in [0.1, 0.15) is 20.3 Å². The standard InChI is InChI=1S/C10H19N3O3/c1-10(2,5-11)9(16)13-4-6(14)3-7(13)8(12)15/h6-7,14H,3-5,11H2,1-2H3,(H2,12,15). The van der Waals surface area contributed by atoms with Gasteiger partial charge in [0.1, 0.15) is 6.04 Å². The van der Waals surface area contributed by atoms with Gasteiger partial charge in [-0.2, -0.15) is 0 Å². The second kappa shape index (κ2) is 4.39. The number of carbonyl (C=O) groups is 2. The molecule has 1 fully saturated rings. The molecule has 2 unspecified atom stereocenters. The molecular formula is C10H19N3O3. The van der Waals surface area contributed by atoms with E-state index in [9.17, 15) is 14.7 Å². The number of nitrogens with two attached hydrogens (primary N) is 2. The highest BCUT2D eigenvalue weighted by Crippen LogP contribution is 2.25. The first-order valence-corrected chi connectivity index (χ1v) is 5.28. The number of amides is 2. The first-order valence-electron chi connectivity index (χ1n) is 5.28. The van der Waals surface area contributed by atoms with Gasteiger partial charge in [0.15, 0.2) is 0 Å². The third-order valence-corrected chi connectivity index (χ3v) is 2.96. The molecule has 1 aliphatic rings. The maximum Gasteiger partial charge on any atom is 0.240 e. The molecule has 0 radical (unpaired) electrons. The zero-order valence-corrected chi connectivity index (χ0v) is 9.64. The van der Waals surface area contributed by atoms with E-state index in [4.69, 9.17) is 11.5 Å². The molecular weight excluding hydrogens is 210 g/mol. The molecule has 0 aromatic rings. The Labute approximate surface area is 94.6 Å². The van der Waals surface area contributed by atoms with E-state index in [0.29, 0.717) is 0 Å². The lowest BCUT2D eigenvalue weighted by Crippen LogP contribution is -2.50. The zero-order valence-electron chi connectivity index (χ0n) is 9.64. The Morgan fingerprint density at radius 3 is 2.50 bits per heavy atom. The van der Waals surface area contributed by atoms with E-state index in [1.807, 2.05) is 0 Å². The SMILES string of the molecule is CC(C)(CN)C(=O)N1CC(O)CC1C(N)=O. The number of rotatable bonds is 3. The van der Waals surface area contributed by atoms with Crippen molar-refractivity contribution in [3.05, 3.63) is 0 Å². The summed E-state index contributed by atoms with van der Waals surface area (Å²) < 4.78 is 0. The molecule has 0 aromatic heterocycles. The minimum atomic E-state index is -0.738. The first kappa shape index (κ1) is 12.9. The van der Waals surface area contributed by atoms with Crippen LogP contribution in [0.4, 0.5) is 0 Å². The van der Waals surface area contributed by atoms with Gasteiger partial charge in [-0.15, -0.1) is 0 Å². The average Bonchev–Trinajstić information content (AvgIpc) is 2.59. The Hall–Kier alpha value is -1.14. The minimum Gasteiger partial charge on any atom is -0.391 e. The predicted octanol–water partition coefficient (Wildman–Crippen LogP) is -1.58. The van der Waals surface area contributed by atoms with Crippen LogP contribution in [0.15, 0.2) is 0 Å². The smallest absolute Gasteiger partial charge is 0.240 e. The van der Waals surface area contributed by atoms with Crippen LogP contribution in [0.2, 0.25) is 0 Å². The lowest BCUT2D eigenvalue weighted by atomic mass is 9.91. The Morgan fingerprint density at radius 1 is 1.50 bits per heavy atom. The van der Waals surface area contributed by atoms with E-state index in [-0.39, 0.29) is 25.4 Å². The third-order valence-electron chi connectivity index (χ3n) is 2.96. The van der Waals surface area contributed by atoms with Crippen molar-refractivity contribution in [1.82, 2.24) is 4.90 Å². The van der Waals surface area contributed by atoms with Crippen molar-refractivity contribution in [3.63, 3.8) is 0 Å². The molecule has 1 heterocycles. The summed E-state index contributed by atoms with van der Waals surface area (Å²) in [6.45, 7) is 3.75. The van der Waals surface area contributed by atoms with Crippen LogP contribution in [0, 0.1) is 5.41 Å². The molecule has 6 heteroatoms. The van der Waals surface area contributed by atoms with Gasteiger partial charge in [0.2, 0.25) is 11.8 Å². The molecule has 0 bridgehead atoms. The summed E-state index contributed by atoms with van der Waals surface area (Å²) in [6.07, 6.45) is -0.475. The Kier molecular flexibility index (Phi) is 3.54. The van der Waals surface area contributed by atoms with Gasteiger partial charge in [-0.05, 0) is 13.8 Å². The van der Waals surface area contributed by atoms with Gasteiger partial charge in [0.25, 0.3) is 0 Å². The largest absolute Gasteiger partial charge is 0.391 e. The number of carbonyl (C=O) groups excluding carboxylic acids is 2. The summed E-state index contributed by atoms with van der Waals surface area (Å²) in [5, 5.41) is 9.47. The normalized spacial score (nSPS) is 25.9. The Bertz CT molecular complexity index is 304. The highest BCUT2D eigenvalue weighted by atomic mass is 16.3. The number of β-amino-alcohol motifs (C(OH)–C–C–N with tert-alkyl or cyclic N) is 1. The number of hydrogen-bond donors (Lipinski definition) is 3. The van der Waals surface area contributed by atoms with Crippen molar-refractivity contribution in [3.8, 4) is 0 Å². The van der Waals surface area contributed by atoms with E-state index < -0.39 is 23.5 Å². The monoisotopic (exact) mass is 229 g/mol. The van der Waals surface area contributed by atoms with Gasteiger partial charge < -0.3 is 21.5 Å². The van der Waals surface area contributed by atoms with Crippen molar-refractivity contribution in [2.24, 2.45) is 16.9 Å². The van der Waals surface area contributed by atoms with Gasteiger partial charge in [-0.25, -0.2) is 0 Å². The van der Waals surface area contributed by atoms with Crippen LogP contribution in [-0.2, 0) is 9.59 Å². The molecule has 1 aliphatic heterocycles. The maximum absolute atomic E-state index is 12.1. The van der Waals surface area contributed by atoms with Crippen LogP contribution in [0.25, 0.3) is 0 Å². The average molecular weight is 229 g/mol. The summed E-state index contributed by atoms with van der Waals surface area (Å²) in [5.41, 5.74) is 9.96. The number of nitrogens with zero attached hydrogens (tertiary/aromatic N) is 1. The lowest BCUT2D eigenvalue weighted by Gasteiger charge is -2.30. The van der Waals surface area contributed by atoms with Gasteiger partial charge in [-0.1, -0.05) is 0 Å². The van der Waals surface area contributed by atoms with E-state index >= 15 is 0 Å². The fourth-order valence-electron chi connectivity index (χ4n) is 1.78. The summed E-state index contributed by atoms with van der Waals surface area (Å²) in [7, 11) is 0. The molecule has 5 N–H and O–H groups in total. The molecule has 2 atom stereocenters. The fourth-order valence-corrected chi connectivity index (χ4v) is 1.78. The molecule has 1 rings (SSSR count). The van der Waals surface area contributed by atoms with Crippen molar-refractivity contribution < 1.29 is 14.7 Å². The van der Waals surface area contributed by atoms with Crippen molar-refractivity contribution in [2.45, 2.75) is 32.4 Å². The molecule has 0 aromatic carbocycles. The van der Waals surface area contributed by atoms with Crippen LogP contribution >= 0.6 is 0 Å². The number of aliphatic hydroxyl groups is 1. The highest BCUT2D eigenvalue weighted by molar-refractivity contribution is 5.89. The van der Waals surface area contributed by atoms with Crippen molar-refractivity contribution >= 4 is 11.8 Å². The van der Waals surface area contributed by atoms with Gasteiger partial charge in [0.05, 0.1) is 11.5 Å². The van der Waals surface area contributed by atoms with Crippen LogP contribution < -0.4 is 11.5 Å². The molecule has 16 heavy (non-hydrogen) atoms. The van der Waals surface area contributed by atoms with Gasteiger partial charge in [-0.3, -0.25) is 9.59 Å². The van der Waals surface area contributed by atoms with E-state index in [2.05, 4.69) is 0 Å². The number of hydrogen-bond acceptors (Lipinski definition) is 4. The Morgan fingerprint density at radius 2 is 2.06 bits per heavy atom. The second-order valence-electron chi connectivity index (χ2n) is 4.85. The zero-order chi connectivity index (χ0) is 12.5. The third kappa shape index (κ3) is 2.33. The summed E-state index contributed by atoms with van der Waals surface area (Å²) in [4.78, 5) is 24.6. The molecule has 0 saturated carbocycles. The second-order valence-corrected chi connectivity index (χ2v) is 4.85. The summed E-state index contributed by atoms with van der Waals surface area (Å²) in [6, 6.07) is -0.715. The summed E-state index contributed by atoms with van der Waals surface area (Å²) in [5.74, 6) is -0.826. The van der Waals surface area contributed by atoms with Crippen molar-refractivity contribution in [1.29, 1.82) is 0 Å². The van der Waals surface area contributed by atoms with Crippen LogP contribution in [0.5, 0.6) is 0 Å². The highest BCUT2D eigenvalue weighted by Gasteiger charge is 2.42. The maximum atomic E-state index is 12.1. The predicted molar refractivity (Wildman–Crippen MR) is 58.2 cm³/mol. The molecule has 6 nitrogen and oxygen atoms in total. The topological polar surface area (TPSA) is 110 Å². The molecule has 0 spiro atoms. The first-order chi connectivity index (χ1) is 7.29. The van der Waals surface area contributed by atoms with Crippen molar-refractivity contribution in [2.75, 3.05) is 13.1 Å². The minimum absolute atomic E-state index is 0.149. The fraction of sp³-hybridized carbons (Fsp3) is 0.800. The number of likely N-dealkylation sites (tertiary alicyclic amines) is 1. The van der Waals surface area contributed by atoms with E-state index in [0.717, 1.165) is 0 Å². The van der Waals surface area contributed by atoms with Gasteiger partial charge in [0, 0.05) is 19.5 Å². The number of primary amides is 1. The quantitative estimate of drug-likeness (QED) is 0.542. The molecule has 2 amide bonds. The molecule has 1 saturated heterocycles. The lowest BCUT2D eigenvalue weighted by molar-refractivity contribution is -0.144. The number of aliphatic hydroxyl groups excluding tert-OH is 1.